The molecule has 29 heavy (non-hydrogen) atoms. The molecule has 0 aliphatic carbocycles. The van der Waals surface area contributed by atoms with Crippen LogP contribution in [0.4, 0.5) is 13.2 Å². The highest BCUT2D eigenvalue weighted by Gasteiger charge is 2.46. The summed E-state index contributed by atoms with van der Waals surface area (Å²) in [7, 11) is 0. The highest BCUT2D eigenvalue weighted by molar-refractivity contribution is 5.97. The van der Waals surface area contributed by atoms with Gasteiger partial charge in [0, 0.05) is 13.5 Å². The van der Waals surface area contributed by atoms with Crippen molar-refractivity contribution < 1.29 is 41.8 Å². The first-order valence-corrected chi connectivity index (χ1v) is 8.22. The topological polar surface area (TPSA) is 175 Å². The van der Waals surface area contributed by atoms with Gasteiger partial charge in [0.1, 0.15) is 12.1 Å². The molecule has 0 saturated heterocycles. The van der Waals surface area contributed by atoms with Crippen LogP contribution >= 0.6 is 0 Å². The van der Waals surface area contributed by atoms with Crippen LogP contribution in [0.15, 0.2) is 16.8 Å². The first kappa shape index (κ1) is 23.7. The molecule has 0 aromatic heterocycles. The molecule has 0 fully saturated rings. The summed E-state index contributed by atoms with van der Waals surface area (Å²) < 4.78 is 45.8. The summed E-state index contributed by atoms with van der Waals surface area (Å²) in [6, 6.07) is -2.49. The molecule has 1 heterocycles. The molecule has 162 valence electrons. The van der Waals surface area contributed by atoms with Gasteiger partial charge in [0.25, 0.3) is 5.91 Å². The third-order valence-electron chi connectivity index (χ3n) is 3.36. The standard InChI is InChI=1S/C15H20F3N5O6/c1-3-4-21-11(25)10-9(22-6(2)24)7(23-14(19)20)5-8(28-10)12(26)29-13(27)15(16,17)18/h5,7,9-10H,3-4H2,1-2H3,(H,21,25)(H,22,24)(H4,19,20,23)/t7-,9+,10+/m0/s1. The Morgan fingerprint density at radius 1 is 1.28 bits per heavy atom. The molecular weight excluding hydrogens is 403 g/mol. The molecule has 1 aliphatic heterocycles. The van der Waals surface area contributed by atoms with Crippen molar-refractivity contribution in [2.75, 3.05) is 6.54 Å². The number of carbonyl (C=O) groups excluding carboxylic acids is 4. The van der Waals surface area contributed by atoms with Gasteiger partial charge in [0.05, 0.1) is 0 Å². The Labute approximate surface area is 162 Å². The Morgan fingerprint density at radius 3 is 2.38 bits per heavy atom. The maximum absolute atomic E-state index is 12.4. The van der Waals surface area contributed by atoms with Crippen LogP contribution in [0.2, 0.25) is 0 Å². The summed E-state index contributed by atoms with van der Waals surface area (Å²) in [4.78, 5) is 50.5. The van der Waals surface area contributed by atoms with E-state index < -0.39 is 59.8 Å². The molecule has 0 aromatic carbocycles. The van der Waals surface area contributed by atoms with Gasteiger partial charge in [-0.2, -0.15) is 13.2 Å². The zero-order valence-electron chi connectivity index (χ0n) is 15.4. The van der Waals surface area contributed by atoms with Gasteiger partial charge in [-0.3, -0.25) is 9.59 Å². The molecule has 14 heteroatoms. The van der Waals surface area contributed by atoms with Crippen LogP contribution in [0, 0.1) is 0 Å². The first-order valence-electron chi connectivity index (χ1n) is 8.22. The van der Waals surface area contributed by atoms with E-state index in [4.69, 9.17) is 16.2 Å². The lowest BCUT2D eigenvalue weighted by Crippen LogP contribution is -2.58. The highest BCUT2D eigenvalue weighted by Crippen LogP contribution is 2.24. The maximum Gasteiger partial charge on any atom is 0.491 e. The van der Waals surface area contributed by atoms with Crippen LogP contribution in [-0.4, -0.2) is 60.6 Å². The van der Waals surface area contributed by atoms with E-state index in [1.165, 1.54) is 0 Å². The van der Waals surface area contributed by atoms with Crippen molar-refractivity contribution in [2.45, 2.75) is 44.6 Å². The SMILES string of the molecule is CCCNC(=O)[C@@H]1OC(C(=O)OC(=O)C(F)(F)F)=C[C@H](N=C(N)N)[C@H]1NC(C)=O. The molecule has 1 rings (SSSR count). The van der Waals surface area contributed by atoms with Crippen molar-refractivity contribution in [2.24, 2.45) is 16.5 Å². The maximum atomic E-state index is 12.4. The van der Waals surface area contributed by atoms with E-state index >= 15 is 0 Å². The van der Waals surface area contributed by atoms with E-state index in [0.717, 1.165) is 13.0 Å². The number of nitrogens with zero attached hydrogens (tertiary/aromatic N) is 1. The Hall–Kier alpha value is -3.32. The molecule has 1 aliphatic rings. The van der Waals surface area contributed by atoms with Gasteiger partial charge in [-0.15, -0.1) is 0 Å². The van der Waals surface area contributed by atoms with Crippen molar-refractivity contribution >= 4 is 29.7 Å². The Morgan fingerprint density at radius 2 is 1.90 bits per heavy atom. The summed E-state index contributed by atoms with van der Waals surface area (Å²) >= 11 is 0. The predicted octanol–water partition coefficient (Wildman–Crippen LogP) is -1.43. The quantitative estimate of drug-likeness (QED) is 0.174. The smallest absolute Gasteiger partial charge is 0.471 e. The van der Waals surface area contributed by atoms with Gasteiger partial charge in [-0.05, 0) is 12.5 Å². The molecule has 0 radical (unpaired) electrons. The molecule has 0 saturated carbocycles. The molecule has 0 aromatic rings. The Balaban J connectivity index is 3.28. The van der Waals surface area contributed by atoms with E-state index in [1.807, 2.05) is 0 Å². The second kappa shape index (κ2) is 9.75. The number of rotatable bonds is 6. The average molecular weight is 423 g/mol. The van der Waals surface area contributed by atoms with E-state index in [1.54, 1.807) is 6.92 Å². The Bertz CT molecular complexity index is 732. The van der Waals surface area contributed by atoms with Crippen molar-refractivity contribution in [3.05, 3.63) is 11.8 Å². The fourth-order valence-electron chi connectivity index (χ4n) is 2.25. The van der Waals surface area contributed by atoms with Crippen molar-refractivity contribution in [3.63, 3.8) is 0 Å². The summed E-state index contributed by atoms with van der Waals surface area (Å²) in [5, 5.41) is 4.83. The molecule has 0 unspecified atom stereocenters. The normalized spacial score (nSPS) is 21.1. The highest BCUT2D eigenvalue weighted by atomic mass is 19.4. The van der Waals surface area contributed by atoms with E-state index in [0.29, 0.717) is 6.42 Å². The van der Waals surface area contributed by atoms with Crippen molar-refractivity contribution in [1.82, 2.24) is 10.6 Å². The first-order chi connectivity index (χ1) is 13.4. The van der Waals surface area contributed by atoms with E-state index in [9.17, 15) is 32.3 Å². The van der Waals surface area contributed by atoms with Crippen molar-refractivity contribution in [3.8, 4) is 0 Å². The number of hydrogen-bond acceptors (Lipinski definition) is 7. The van der Waals surface area contributed by atoms with Crippen LogP contribution in [0.3, 0.4) is 0 Å². The van der Waals surface area contributed by atoms with E-state index in [2.05, 4.69) is 20.4 Å². The number of halogens is 3. The lowest BCUT2D eigenvalue weighted by Gasteiger charge is -2.34. The third-order valence-corrected chi connectivity index (χ3v) is 3.36. The predicted molar refractivity (Wildman–Crippen MR) is 90.6 cm³/mol. The molecular formula is C15H20F3N5O6. The minimum Gasteiger partial charge on any atom is -0.471 e. The minimum absolute atomic E-state index is 0.203. The van der Waals surface area contributed by atoms with Crippen LogP contribution in [0.25, 0.3) is 0 Å². The zero-order chi connectivity index (χ0) is 22.4. The van der Waals surface area contributed by atoms with Crippen LogP contribution in [0.1, 0.15) is 20.3 Å². The number of amides is 2. The largest absolute Gasteiger partial charge is 0.491 e. The molecule has 3 atom stereocenters. The molecule has 11 nitrogen and oxygen atoms in total. The van der Waals surface area contributed by atoms with Crippen LogP contribution in [-0.2, 0) is 28.7 Å². The van der Waals surface area contributed by atoms with Crippen molar-refractivity contribution in [1.29, 1.82) is 0 Å². The van der Waals surface area contributed by atoms with Crippen LogP contribution < -0.4 is 22.1 Å². The third kappa shape index (κ3) is 6.97. The molecule has 0 bridgehead atoms. The van der Waals surface area contributed by atoms with Gasteiger partial charge < -0.3 is 31.6 Å². The number of aliphatic imine (C=N–C) groups is 1. The van der Waals surface area contributed by atoms with E-state index in [-0.39, 0.29) is 6.54 Å². The van der Waals surface area contributed by atoms with Crippen LogP contribution in [0.5, 0.6) is 0 Å². The summed E-state index contributed by atoms with van der Waals surface area (Å²) in [6.45, 7) is 3.08. The monoisotopic (exact) mass is 423 g/mol. The second-order valence-electron chi connectivity index (χ2n) is 5.81. The van der Waals surface area contributed by atoms with Gasteiger partial charge in [-0.25, -0.2) is 14.6 Å². The number of alkyl halides is 3. The fourth-order valence-corrected chi connectivity index (χ4v) is 2.25. The Kier molecular flexibility index (Phi) is 7.97. The lowest BCUT2D eigenvalue weighted by atomic mass is 9.97. The molecule has 6 N–H and O–H groups in total. The number of nitrogens with two attached hydrogens (primary N) is 2. The fraction of sp³-hybridized carbons (Fsp3) is 0.533. The summed E-state index contributed by atoms with van der Waals surface area (Å²) in [6.07, 6.45) is -5.67. The zero-order valence-corrected chi connectivity index (χ0v) is 15.4. The van der Waals surface area contributed by atoms with Gasteiger partial charge in [-0.1, -0.05) is 6.92 Å². The number of guanidine groups is 1. The lowest BCUT2D eigenvalue weighted by molar-refractivity contribution is -0.201. The second-order valence-corrected chi connectivity index (χ2v) is 5.81. The average Bonchev–Trinajstić information content (AvgIpc) is 2.59. The molecule has 2 amide bonds. The molecule has 0 spiro atoms. The number of hydrogen-bond donors (Lipinski definition) is 4. The van der Waals surface area contributed by atoms with Gasteiger partial charge >= 0.3 is 18.1 Å². The number of esters is 2. The van der Waals surface area contributed by atoms with Gasteiger partial charge in [0.2, 0.25) is 11.7 Å². The number of ether oxygens (including phenoxy) is 2. The number of carbonyl (C=O) groups is 4. The summed E-state index contributed by atoms with van der Waals surface area (Å²) in [5.41, 5.74) is 10.6. The number of nitrogens with one attached hydrogen (secondary N) is 2. The summed E-state index contributed by atoms with van der Waals surface area (Å²) in [5.74, 6) is -7.40. The minimum atomic E-state index is -5.43. The van der Waals surface area contributed by atoms with Gasteiger partial charge in [0.15, 0.2) is 12.1 Å².